The zero-order chi connectivity index (χ0) is 22.2. The first-order valence-electron chi connectivity index (χ1n) is 11.7. The predicted molar refractivity (Wildman–Crippen MR) is 116 cm³/mol. The number of hydrogen-bond donors (Lipinski definition) is 0. The summed E-state index contributed by atoms with van der Waals surface area (Å²) in [5.41, 5.74) is 2.07. The largest absolute Gasteiger partial charge is 0.342 e. The molecule has 0 unspecified atom stereocenters. The average molecular weight is 439 g/mol. The van der Waals surface area contributed by atoms with Crippen molar-refractivity contribution in [2.24, 2.45) is 5.92 Å². The van der Waals surface area contributed by atoms with Gasteiger partial charge in [0.25, 0.3) is 0 Å². The van der Waals surface area contributed by atoms with E-state index in [-0.39, 0.29) is 17.7 Å². The SMILES string of the molecule is Cc1noc(CCC(=O)N2CCC[C@@H](c3nc(C)c4c(n3)N(CC3CC3)C(=O)CC4)C2)n1. The highest BCUT2D eigenvalue weighted by molar-refractivity contribution is 5.95. The van der Waals surface area contributed by atoms with E-state index >= 15 is 0 Å². The van der Waals surface area contributed by atoms with E-state index in [9.17, 15) is 9.59 Å². The molecular weight excluding hydrogens is 408 g/mol. The summed E-state index contributed by atoms with van der Waals surface area (Å²) >= 11 is 0. The van der Waals surface area contributed by atoms with Crippen LogP contribution >= 0.6 is 0 Å². The van der Waals surface area contributed by atoms with Crippen LogP contribution in [0.15, 0.2) is 4.52 Å². The van der Waals surface area contributed by atoms with Gasteiger partial charge in [-0.05, 0) is 51.9 Å². The smallest absolute Gasteiger partial charge is 0.228 e. The molecule has 2 aromatic rings. The van der Waals surface area contributed by atoms with Crippen LogP contribution in [-0.4, -0.2) is 56.5 Å². The lowest BCUT2D eigenvalue weighted by molar-refractivity contribution is -0.132. The van der Waals surface area contributed by atoms with Gasteiger partial charge in [0.05, 0.1) is 0 Å². The fraction of sp³-hybridized carbons (Fsp3) is 0.652. The summed E-state index contributed by atoms with van der Waals surface area (Å²) in [7, 11) is 0. The number of rotatable bonds is 6. The van der Waals surface area contributed by atoms with Crippen LogP contribution in [0.25, 0.3) is 0 Å². The van der Waals surface area contributed by atoms with Crippen molar-refractivity contribution in [3.8, 4) is 0 Å². The van der Waals surface area contributed by atoms with Crippen LogP contribution in [0.2, 0.25) is 0 Å². The Morgan fingerprint density at radius 2 is 1.97 bits per heavy atom. The van der Waals surface area contributed by atoms with Crippen LogP contribution in [-0.2, 0) is 22.4 Å². The first kappa shape index (κ1) is 21.0. The molecule has 1 saturated carbocycles. The van der Waals surface area contributed by atoms with Crippen molar-refractivity contribution in [2.45, 2.75) is 71.1 Å². The topological polar surface area (TPSA) is 105 Å². The number of aryl methyl sites for hydroxylation is 3. The molecule has 32 heavy (non-hydrogen) atoms. The van der Waals surface area contributed by atoms with E-state index in [1.165, 1.54) is 12.8 Å². The van der Waals surface area contributed by atoms with Crippen LogP contribution in [0.4, 0.5) is 5.82 Å². The molecule has 5 rings (SSSR count). The fourth-order valence-corrected chi connectivity index (χ4v) is 4.76. The molecular formula is C23H30N6O3. The maximum absolute atomic E-state index is 12.8. The number of likely N-dealkylation sites (tertiary alicyclic amines) is 1. The number of carbonyl (C=O) groups is 2. The first-order chi connectivity index (χ1) is 15.5. The van der Waals surface area contributed by atoms with Gasteiger partial charge in [-0.15, -0.1) is 0 Å². The maximum Gasteiger partial charge on any atom is 0.228 e. The number of piperidine rings is 1. The second-order valence-electron chi connectivity index (χ2n) is 9.33. The van der Waals surface area contributed by atoms with E-state index in [2.05, 4.69) is 10.1 Å². The maximum atomic E-state index is 12.8. The molecule has 2 aliphatic heterocycles. The van der Waals surface area contributed by atoms with Gasteiger partial charge in [0.2, 0.25) is 17.7 Å². The lowest BCUT2D eigenvalue weighted by Gasteiger charge is -2.34. The van der Waals surface area contributed by atoms with E-state index in [4.69, 9.17) is 14.5 Å². The Bertz CT molecular complexity index is 1030. The van der Waals surface area contributed by atoms with Crippen LogP contribution in [0.1, 0.15) is 73.2 Å². The quantitative estimate of drug-likeness (QED) is 0.682. The van der Waals surface area contributed by atoms with E-state index in [0.29, 0.717) is 49.9 Å². The molecule has 0 bridgehead atoms. The van der Waals surface area contributed by atoms with Gasteiger partial charge in [0.15, 0.2) is 5.82 Å². The van der Waals surface area contributed by atoms with Crippen LogP contribution < -0.4 is 4.90 Å². The molecule has 4 heterocycles. The van der Waals surface area contributed by atoms with Gasteiger partial charge in [-0.1, -0.05) is 5.16 Å². The van der Waals surface area contributed by atoms with E-state index < -0.39 is 0 Å². The molecule has 2 aromatic heterocycles. The highest BCUT2D eigenvalue weighted by Crippen LogP contribution is 2.36. The lowest BCUT2D eigenvalue weighted by Crippen LogP contribution is -2.41. The summed E-state index contributed by atoms with van der Waals surface area (Å²) in [6.45, 7) is 5.91. The third-order valence-electron chi connectivity index (χ3n) is 6.75. The summed E-state index contributed by atoms with van der Waals surface area (Å²) in [5, 5.41) is 3.78. The molecule has 0 spiro atoms. The van der Waals surface area contributed by atoms with Crippen molar-refractivity contribution in [3.63, 3.8) is 0 Å². The molecule has 2 amide bonds. The molecule has 0 aromatic carbocycles. The van der Waals surface area contributed by atoms with Gasteiger partial charge in [-0.25, -0.2) is 9.97 Å². The standard InChI is InChI=1S/C23H30N6O3/c1-14-18-7-9-21(31)29(12-16-5-6-16)23(18)26-22(24-14)17-4-3-11-28(13-17)20(30)10-8-19-25-15(2)27-32-19/h16-17H,3-13H2,1-2H3/t17-/m1/s1. The summed E-state index contributed by atoms with van der Waals surface area (Å²) in [5.74, 6) is 3.61. The van der Waals surface area contributed by atoms with Crippen molar-refractivity contribution in [1.82, 2.24) is 25.0 Å². The minimum Gasteiger partial charge on any atom is -0.342 e. The Hall–Kier alpha value is -2.84. The number of carbonyl (C=O) groups excluding carboxylic acids is 2. The Balaban J connectivity index is 1.30. The van der Waals surface area contributed by atoms with Gasteiger partial charge in [0, 0.05) is 56.1 Å². The van der Waals surface area contributed by atoms with Gasteiger partial charge >= 0.3 is 0 Å². The lowest BCUT2D eigenvalue weighted by atomic mass is 9.95. The second kappa shape index (κ2) is 8.60. The molecule has 1 atom stereocenters. The number of amides is 2. The minimum absolute atomic E-state index is 0.0853. The van der Waals surface area contributed by atoms with Crippen LogP contribution in [0.3, 0.4) is 0 Å². The third kappa shape index (κ3) is 4.38. The molecule has 9 nitrogen and oxygen atoms in total. The second-order valence-corrected chi connectivity index (χ2v) is 9.33. The van der Waals surface area contributed by atoms with Gasteiger partial charge in [-0.2, -0.15) is 4.98 Å². The summed E-state index contributed by atoms with van der Waals surface area (Å²) < 4.78 is 5.12. The number of hydrogen-bond acceptors (Lipinski definition) is 7. The minimum atomic E-state index is 0.0853. The first-order valence-corrected chi connectivity index (χ1v) is 11.7. The normalized spacial score (nSPS) is 21.1. The molecule has 0 N–H and O–H groups in total. The number of nitrogens with zero attached hydrogens (tertiary/aromatic N) is 6. The van der Waals surface area contributed by atoms with Gasteiger partial charge in [-0.3, -0.25) is 14.5 Å². The highest BCUT2D eigenvalue weighted by Gasteiger charge is 2.34. The monoisotopic (exact) mass is 438 g/mol. The fourth-order valence-electron chi connectivity index (χ4n) is 4.76. The zero-order valence-corrected chi connectivity index (χ0v) is 18.8. The van der Waals surface area contributed by atoms with Gasteiger partial charge < -0.3 is 9.42 Å². The zero-order valence-electron chi connectivity index (χ0n) is 18.8. The summed E-state index contributed by atoms with van der Waals surface area (Å²) in [6, 6.07) is 0. The average Bonchev–Trinajstić information content (AvgIpc) is 3.52. The van der Waals surface area contributed by atoms with Gasteiger partial charge in [0.1, 0.15) is 11.6 Å². The van der Waals surface area contributed by atoms with Crippen molar-refractivity contribution >= 4 is 17.6 Å². The molecule has 0 radical (unpaired) electrons. The molecule has 9 heteroatoms. The van der Waals surface area contributed by atoms with E-state index in [0.717, 1.165) is 48.8 Å². The molecule has 3 aliphatic rings. The summed E-state index contributed by atoms with van der Waals surface area (Å²) in [4.78, 5) is 43.2. The van der Waals surface area contributed by atoms with Crippen LogP contribution in [0, 0.1) is 19.8 Å². The Morgan fingerprint density at radius 1 is 1.12 bits per heavy atom. The molecule has 1 saturated heterocycles. The Labute approximate surface area is 187 Å². The van der Waals surface area contributed by atoms with E-state index in [1.807, 2.05) is 16.7 Å². The summed E-state index contributed by atoms with van der Waals surface area (Å²) in [6.07, 6.45) is 6.30. The highest BCUT2D eigenvalue weighted by atomic mass is 16.5. The Kier molecular flexibility index (Phi) is 5.65. The van der Waals surface area contributed by atoms with Crippen molar-refractivity contribution in [3.05, 3.63) is 28.8 Å². The number of anilines is 1. The van der Waals surface area contributed by atoms with Crippen LogP contribution in [0.5, 0.6) is 0 Å². The van der Waals surface area contributed by atoms with E-state index in [1.54, 1.807) is 6.92 Å². The molecule has 2 fully saturated rings. The number of fused-ring (bicyclic) bond motifs is 1. The Morgan fingerprint density at radius 3 is 2.72 bits per heavy atom. The van der Waals surface area contributed by atoms with Crippen molar-refractivity contribution in [1.29, 1.82) is 0 Å². The van der Waals surface area contributed by atoms with Crippen molar-refractivity contribution < 1.29 is 14.1 Å². The third-order valence-corrected chi connectivity index (χ3v) is 6.75. The number of aromatic nitrogens is 4. The predicted octanol–water partition coefficient (Wildman–Crippen LogP) is 2.50. The molecule has 170 valence electrons. The van der Waals surface area contributed by atoms with Crippen molar-refractivity contribution in [2.75, 3.05) is 24.5 Å². The molecule has 1 aliphatic carbocycles.